The Balaban J connectivity index is 1.44. The molecule has 2 aromatic heterocycles. The molecule has 2 aliphatic rings. The molecule has 6 nitrogen and oxygen atoms in total. The lowest BCUT2D eigenvalue weighted by Crippen LogP contribution is -2.38. The Morgan fingerprint density at radius 2 is 2.00 bits per heavy atom. The molecule has 21 heavy (non-hydrogen) atoms. The second-order valence-corrected chi connectivity index (χ2v) is 6.30. The largest absolute Gasteiger partial charge is 0.353 e. The summed E-state index contributed by atoms with van der Waals surface area (Å²) in [6.45, 7) is 5.28. The lowest BCUT2D eigenvalue weighted by molar-refractivity contribution is 0.381. The SMILES string of the molecule is Cc1nnc2c(N3CCC(CNC4CC4)CC3)nccn12. The molecule has 3 heterocycles. The second kappa shape index (κ2) is 5.26. The van der Waals surface area contributed by atoms with Gasteiger partial charge in [-0.3, -0.25) is 4.40 Å². The zero-order chi connectivity index (χ0) is 14.2. The number of anilines is 1. The van der Waals surface area contributed by atoms with Gasteiger partial charge in [0.25, 0.3) is 0 Å². The molecule has 0 bridgehead atoms. The molecular weight excluding hydrogens is 264 g/mol. The van der Waals surface area contributed by atoms with Crippen molar-refractivity contribution < 1.29 is 0 Å². The highest BCUT2D eigenvalue weighted by molar-refractivity contribution is 5.63. The van der Waals surface area contributed by atoms with Crippen LogP contribution in [0.1, 0.15) is 31.5 Å². The molecule has 2 fully saturated rings. The predicted octanol–water partition coefficient (Wildman–Crippen LogP) is 1.40. The van der Waals surface area contributed by atoms with Crippen LogP contribution in [0.3, 0.4) is 0 Å². The summed E-state index contributed by atoms with van der Waals surface area (Å²) in [5, 5.41) is 12.1. The van der Waals surface area contributed by atoms with E-state index in [0.717, 1.165) is 42.3 Å². The van der Waals surface area contributed by atoms with Gasteiger partial charge in [0.2, 0.25) is 5.65 Å². The zero-order valence-electron chi connectivity index (χ0n) is 12.5. The van der Waals surface area contributed by atoms with Crippen LogP contribution in [0.2, 0.25) is 0 Å². The van der Waals surface area contributed by atoms with Crippen LogP contribution in [0.5, 0.6) is 0 Å². The van der Waals surface area contributed by atoms with Crippen molar-refractivity contribution in [3.63, 3.8) is 0 Å². The fourth-order valence-electron chi connectivity index (χ4n) is 3.12. The Bertz CT molecular complexity index is 624. The smallest absolute Gasteiger partial charge is 0.203 e. The van der Waals surface area contributed by atoms with Gasteiger partial charge in [0.05, 0.1) is 0 Å². The molecular formula is C15H22N6. The molecule has 0 unspecified atom stereocenters. The van der Waals surface area contributed by atoms with Crippen LogP contribution in [0.4, 0.5) is 5.82 Å². The summed E-state index contributed by atoms with van der Waals surface area (Å²) in [7, 11) is 0. The number of nitrogens with zero attached hydrogens (tertiary/aromatic N) is 5. The molecule has 4 rings (SSSR count). The molecule has 0 spiro atoms. The van der Waals surface area contributed by atoms with Gasteiger partial charge in [0.1, 0.15) is 5.82 Å². The first-order valence-electron chi connectivity index (χ1n) is 7.96. The minimum Gasteiger partial charge on any atom is -0.353 e. The average molecular weight is 286 g/mol. The Hall–Kier alpha value is -1.69. The third kappa shape index (κ3) is 2.60. The van der Waals surface area contributed by atoms with Crippen LogP contribution in [-0.4, -0.2) is 45.3 Å². The summed E-state index contributed by atoms with van der Waals surface area (Å²) in [5.74, 6) is 2.70. The Kier molecular flexibility index (Phi) is 3.25. The Labute approximate surface area is 124 Å². The number of nitrogens with one attached hydrogen (secondary N) is 1. The number of aromatic nitrogens is 4. The second-order valence-electron chi connectivity index (χ2n) is 6.30. The Morgan fingerprint density at radius 1 is 1.19 bits per heavy atom. The number of piperidine rings is 1. The molecule has 1 saturated heterocycles. The van der Waals surface area contributed by atoms with E-state index < -0.39 is 0 Å². The first-order valence-corrected chi connectivity index (χ1v) is 7.96. The van der Waals surface area contributed by atoms with Gasteiger partial charge in [-0.2, -0.15) is 0 Å². The van der Waals surface area contributed by atoms with Gasteiger partial charge >= 0.3 is 0 Å². The molecule has 0 aromatic carbocycles. The van der Waals surface area contributed by atoms with Gasteiger partial charge in [0.15, 0.2) is 5.82 Å². The maximum absolute atomic E-state index is 4.54. The summed E-state index contributed by atoms with van der Waals surface area (Å²) < 4.78 is 2.02. The van der Waals surface area contributed by atoms with E-state index in [1.807, 2.05) is 23.7 Å². The van der Waals surface area contributed by atoms with Gasteiger partial charge in [-0.05, 0) is 45.1 Å². The summed E-state index contributed by atoms with van der Waals surface area (Å²) >= 11 is 0. The first-order chi connectivity index (χ1) is 10.3. The fraction of sp³-hybridized carbons (Fsp3) is 0.667. The summed E-state index contributed by atoms with van der Waals surface area (Å²) in [6.07, 6.45) is 8.99. The van der Waals surface area contributed by atoms with E-state index in [1.54, 1.807) is 0 Å². The maximum Gasteiger partial charge on any atom is 0.203 e. The number of rotatable bonds is 4. The normalized spacial score (nSPS) is 20.3. The van der Waals surface area contributed by atoms with E-state index >= 15 is 0 Å². The predicted molar refractivity (Wildman–Crippen MR) is 81.5 cm³/mol. The lowest BCUT2D eigenvalue weighted by atomic mass is 9.97. The lowest BCUT2D eigenvalue weighted by Gasteiger charge is -2.32. The molecule has 0 atom stereocenters. The molecule has 6 heteroatoms. The number of hydrogen-bond donors (Lipinski definition) is 1. The molecule has 1 aliphatic carbocycles. The monoisotopic (exact) mass is 286 g/mol. The van der Waals surface area contributed by atoms with Gasteiger partial charge in [0, 0.05) is 31.5 Å². The summed E-state index contributed by atoms with van der Waals surface area (Å²) in [4.78, 5) is 6.90. The highest BCUT2D eigenvalue weighted by Gasteiger charge is 2.25. The van der Waals surface area contributed by atoms with Gasteiger partial charge < -0.3 is 10.2 Å². The van der Waals surface area contributed by atoms with E-state index in [9.17, 15) is 0 Å². The van der Waals surface area contributed by atoms with Crippen molar-refractivity contribution in [2.45, 2.75) is 38.6 Å². The molecule has 1 saturated carbocycles. The summed E-state index contributed by atoms with van der Waals surface area (Å²) in [5.41, 5.74) is 0.879. The highest BCUT2D eigenvalue weighted by atomic mass is 15.3. The molecule has 2 aromatic rings. The maximum atomic E-state index is 4.54. The van der Waals surface area contributed by atoms with Crippen LogP contribution in [-0.2, 0) is 0 Å². The van der Waals surface area contributed by atoms with E-state index in [2.05, 4.69) is 25.4 Å². The van der Waals surface area contributed by atoms with E-state index in [1.165, 1.54) is 32.2 Å². The third-order valence-corrected chi connectivity index (χ3v) is 4.67. The fourth-order valence-corrected chi connectivity index (χ4v) is 3.12. The number of hydrogen-bond acceptors (Lipinski definition) is 5. The minimum atomic E-state index is 0.807. The van der Waals surface area contributed by atoms with Gasteiger partial charge in [-0.15, -0.1) is 10.2 Å². The molecule has 1 aliphatic heterocycles. The highest BCUT2D eigenvalue weighted by Crippen LogP contribution is 2.25. The van der Waals surface area contributed by atoms with Crippen molar-refractivity contribution >= 4 is 11.5 Å². The van der Waals surface area contributed by atoms with Crippen molar-refractivity contribution in [2.24, 2.45) is 5.92 Å². The first kappa shape index (κ1) is 13.0. The zero-order valence-corrected chi connectivity index (χ0v) is 12.5. The quantitative estimate of drug-likeness (QED) is 0.920. The van der Waals surface area contributed by atoms with E-state index in [4.69, 9.17) is 0 Å². The van der Waals surface area contributed by atoms with Crippen molar-refractivity contribution in [3.05, 3.63) is 18.2 Å². The van der Waals surface area contributed by atoms with E-state index in [0.29, 0.717) is 0 Å². The molecule has 0 radical (unpaired) electrons. The van der Waals surface area contributed by atoms with Crippen molar-refractivity contribution in [1.82, 2.24) is 24.9 Å². The topological polar surface area (TPSA) is 58.4 Å². The minimum absolute atomic E-state index is 0.807. The van der Waals surface area contributed by atoms with Crippen molar-refractivity contribution in [2.75, 3.05) is 24.5 Å². The van der Waals surface area contributed by atoms with Crippen molar-refractivity contribution in [1.29, 1.82) is 0 Å². The van der Waals surface area contributed by atoms with Gasteiger partial charge in [-0.25, -0.2) is 4.98 Å². The molecule has 0 amide bonds. The molecule has 1 N–H and O–H groups in total. The van der Waals surface area contributed by atoms with Crippen LogP contribution in [0.15, 0.2) is 12.4 Å². The van der Waals surface area contributed by atoms with Crippen LogP contribution in [0.25, 0.3) is 5.65 Å². The third-order valence-electron chi connectivity index (χ3n) is 4.67. The Morgan fingerprint density at radius 3 is 2.76 bits per heavy atom. The number of aryl methyl sites for hydroxylation is 1. The van der Waals surface area contributed by atoms with Crippen LogP contribution < -0.4 is 10.2 Å². The van der Waals surface area contributed by atoms with Crippen molar-refractivity contribution in [3.8, 4) is 0 Å². The number of fused-ring (bicyclic) bond motifs is 1. The van der Waals surface area contributed by atoms with Gasteiger partial charge in [-0.1, -0.05) is 0 Å². The summed E-state index contributed by atoms with van der Waals surface area (Å²) in [6, 6.07) is 0.817. The average Bonchev–Trinajstić information content (AvgIpc) is 3.28. The van der Waals surface area contributed by atoms with E-state index in [-0.39, 0.29) is 0 Å². The molecule has 112 valence electrons. The standard InChI is InChI=1S/C15H22N6/c1-11-18-19-15-14(16-6-9-21(11)15)20-7-4-12(5-8-20)10-17-13-2-3-13/h6,9,12-13,17H,2-5,7-8,10H2,1H3. The van der Waals surface area contributed by atoms with Crippen LogP contribution >= 0.6 is 0 Å². The van der Waals surface area contributed by atoms with Crippen LogP contribution in [0, 0.1) is 12.8 Å².